The fourth-order valence-electron chi connectivity index (χ4n) is 4.56. The molecule has 0 bridgehead atoms. The third-order valence-corrected chi connectivity index (χ3v) is 6.30. The van der Waals surface area contributed by atoms with Gasteiger partial charge in [0.15, 0.2) is 11.5 Å². The van der Waals surface area contributed by atoms with E-state index in [1.165, 1.54) is 0 Å². The lowest BCUT2D eigenvalue weighted by atomic mass is 10.1. The number of Topliss-reactive ketones (excluding diaryl/α,β-unsaturated/α-hetero) is 1. The lowest BCUT2D eigenvalue weighted by Gasteiger charge is -2.20. The fourth-order valence-corrected chi connectivity index (χ4v) is 4.56. The Kier molecular flexibility index (Phi) is 6.20. The van der Waals surface area contributed by atoms with Crippen LogP contribution in [0.3, 0.4) is 0 Å². The van der Waals surface area contributed by atoms with Crippen LogP contribution in [-0.4, -0.2) is 53.4 Å². The number of fused-ring (bicyclic) bond motifs is 2. The number of benzene rings is 2. The maximum Gasteiger partial charge on any atom is 0.296 e. The quantitative estimate of drug-likeness (QED) is 0.463. The van der Waals surface area contributed by atoms with Crippen molar-refractivity contribution in [1.29, 1.82) is 0 Å². The van der Waals surface area contributed by atoms with Crippen molar-refractivity contribution >= 4 is 34.2 Å². The van der Waals surface area contributed by atoms with Crippen LogP contribution in [0, 0.1) is 0 Å². The third-order valence-electron chi connectivity index (χ3n) is 6.30. The van der Waals surface area contributed by atoms with Gasteiger partial charge in [0.25, 0.3) is 11.7 Å². The highest BCUT2D eigenvalue weighted by Crippen LogP contribution is 2.32. The molecule has 0 saturated carbocycles. The van der Waals surface area contributed by atoms with Crippen molar-refractivity contribution in [3.05, 3.63) is 54.2 Å². The number of para-hydroxylation sites is 1. The van der Waals surface area contributed by atoms with Crippen molar-refractivity contribution in [2.45, 2.75) is 32.2 Å². The number of anilines is 1. The summed E-state index contributed by atoms with van der Waals surface area (Å²) in [5, 5.41) is 3.30. The van der Waals surface area contributed by atoms with E-state index in [1.54, 1.807) is 35.0 Å². The zero-order valence-electron chi connectivity index (χ0n) is 18.9. The number of carbonyl (C=O) groups excluding carboxylic acids is 3. The maximum absolute atomic E-state index is 13.1. The normalized spacial score (nSPS) is 15.6. The molecule has 8 nitrogen and oxygen atoms in total. The Morgan fingerprint density at radius 2 is 1.62 bits per heavy atom. The highest BCUT2D eigenvalue weighted by Gasteiger charge is 2.24. The van der Waals surface area contributed by atoms with E-state index < -0.39 is 11.7 Å². The number of aromatic nitrogens is 1. The van der Waals surface area contributed by atoms with E-state index in [0.717, 1.165) is 44.3 Å². The Hall–Kier alpha value is -3.81. The van der Waals surface area contributed by atoms with Crippen molar-refractivity contribution < 1.29 is 23.9 Å². The van der Waals surface area contributed by atoms with Gasteiger partial charge in [-0.25, -0.2) is 0 Å². The zero-order valence-corrected chi connectivity index (χ0v) is 18.9. The summed E-state index contributed by atoms with van der Waals surface area (Å²) in [6.07, 6.45) is 5.94. The fraction of sp³-hybridized carbons (Fsp3) is 0.346. The summed E-state index contributed by atoms with van der Waals surface area (Å²) in [6, 6.07) is 12.4. The van der Waals surface area contributed by atoms with Crippen molar-refractivity contribution in [1.82, 2.24) is 9.47 Å². The Bertz CT molecular complexity index is 1240. The smallest absolute Gasteiger partial charge is 0.296 e. The van der Waals surface area contributed by atoms with E-state index in [-0.39, 0.29) is 18.0 Å². The predicted octanol–water partition coefficient (Wildman–Crippen LogP) is 3.64. The van der Waals surface area contributed by atoms with Gasteiger partial charge >= 0.3 is 0 Å². The van der Waals surface area contributed by atoms with Crippen molar-refractivity contribution in [3.63, 3.8) is 0 Å². The first-order chi connectivity index (χ1) is 16.6. The summed E-state index contributed by atoms with van der Waals surface area (Å²) in [4.78, 5) is 40.8. The lowest BCUT2D eigenvalue weighted by Crippen LogP contribution is -2.34. The first kappa shape index (κ1) is 22.0. The zero-order chi connectivity index (χ0) is 23.5. The number of nitrogens with zero attached hydrogens (tertiary/aromatic N) is 2. The molecule has 2 amide bonds. The van der Waals surface area contributed by atoms with E-state index in [4.69, 9.17) is 9.47 Å². The van der Waals surface area contributed by atoms with E-state index in [2.05, 4.69) is 5.32 Å². The number of hydrogen-bond acceptors (Lipinski definition) is 5. The third kappa shape index (κ3) is 4.48. The molecule has 1 saturated heterocycles. The molecule has 0 unspecified atom stereocenters. The summed E-state index contributed by atoms with van der Waals surface area (Å²) >= 11 is 0. The number of nitrogens with one attached hydrogen (secondary N) is 1. The van der Waals surface area contributed by atoms with Crippen molar-refractivity contribution in [2.24, 2.45) is 0 Å². The van der Waals surface area contributed by atoms with Crippen LogP contribution in [0.5, 0.6) is 11.5 Å². The Morgan fingerprint density at radius 1 is 0.882 bits per heavy atom. The van der Waals surface area contributed by atoms with Gasteiger partial charge in [-0.05, 0) is 31.0 Å². The number of ether oxygens (including phenoxy) is 2. The van der Waals surface area contributed by atoms with Gasteiger partial charge in [0.1, 0.15) is 19.8 Å². The molecule has 0 aliphatic carbocycles. The molecule has 176 valence electrons. The molecule has 2 aromatic carbocycles. The molecule has 8 heteroatoms. The number of hydrogen-bond donors (Lipinski definition) is 1. The molecule has 1 aromatic heterocycles. The average molecular weight is 462 g/mol. The molecule has 1 N–H and O–H groups in total. The molecule has 2 aliphatic rings. The molecule has 3 heterocycles. The minimum atomic E-state index is -0.751. The van der Waals surface area contributed by atoms with Gasteiger partial charge in [-0.2, -0.15) is 0 Å². The SMILES string of the molecule is O=C(Nc1ccc2c(c1)OCCO2)C(=O)c1cn(CC(=O)N2CCCCCC2)c2ccccc12. The van der Waals surface area contributed by atoms with Gasteiger partial charge in [-0.15, -0.1) is 0 Å². The monoisotopic (exact) mass is 461 g/mol. The van der Waals surface area contributed by atoms with Crippen LogP contribution in [0.15, 0.2) is 48.7 Å². The summed E-state index contributed by atoms with van der Waals surface area (Å²) in [6.45, 7) is 2.57. The second kappa shape index (κ2) is 9.59. The minimum absolute atomic E-state index is 0.0300. The molecular weight excluding hydrogens is 434 g/mol. The van der Waals surface area contributed by atoms with Crippen LogP contribution in [-0.2, 0) is 16.1 Å². The van der Waals surface area contributed by atoms with Gasteiger partial charge in [0.2, 0.25) is 5.91 Å². The second-order valence-corrected chi connectivity index (χ2v) is 8.62. The average Bonchev–Trinajstić information content (AvgIpc) is 3.02. The number of amides is 2. The first-order valence-corrected chi connectivity index (χ1v) is 11.7. The second-order valence-electron chi connectivity index (χ2n) is 8.62. The van der Waals surface area contributed by atoms with Crippen LogP contribution < -0.4 is 14.8 Å². The van der Waals surface area contributed by atoms with Gasteiger partial charge in [-0.3, -0.25) is 14.4 Å². The van der Waals surface area contributed by atoms with Crippen LogP contribution in [0.25, 0.3) is 10.9 Å². The molecule has 0 spiro atoms. The highest BCUT2D eigenvalue weighted by molar-refractivity contribution is 6.48. The molecule has 0 radical (unpaired) electrons. The Labute approximate surface area is 197 Å². The van der Waals surface area contributed by atoms with Crippen LogP contribution in [0.2, 0.25) is 0 Å². The standard InChI is InChI=1S/C26H27N3O5/c30-24(28-11-5-1-2-6-12-28)17-29-16-20(19-7-3-4-8-21(19)29)25(31)26(32)27-18-9-10-22-23(15-18)34-14-13-33-22/h3-4,7-10,15-16H,1-2,5-6,11-14,17H2,(H,27,32). The number of likely N-dealkylation sites (tertiary alicyclic amines) is 1. The van der Waals surface area contributed by atoms with Crippen LogP contribution >= 0.6 is 0 Å². The van der Waals surface area contributed by atoms with Gasteiger partial charge in [0, 0.05) is 41.9 Å². The Balaban J connectivity index is 1.36. The largest absolute Gasteiger partial charge is 0.486 e. The first-order valence-electron chi connectivity index (χ1n) is 11.7. The summed E-state index contributed by atoms with van der Waals surface area (Å²) in [5.74, 6) is -0.249. The van der Waals surface area contributed by atoms with E-state index >= 15 is 0 Å². The molecule has 2 aliphatic heterocycles. The van der Waals surface area contributed by atoms with E-state index in [0.29, 0.717) is 35.8 Å². The predicted molar refractivity (Wildman–Crippen MR) is 127 cm³/mol. The van der Waals surface area contributed by atoms with Crippen LogP contribution in [0.1, 0.15) is 36.0 Å². The highest BCUT2D eigenvalue weighted by atomic mass is 16.6. The number of rotatable bonds is 5. The number of ketones is 1. The Morgan fingerprint density at radius 3 is 2.41 bits per heavy atom. The van der Waals surface area contributed by atoms with Crippen molar-refractivity contribution in [3.8, 4) is 11.5 Å². The molecular formula is C26H27N3O5. The number of carbonyl (C=O) groups is 3. The summed E-state index contributed by atoms with van der Waals surface area (Å²) in [7, 11) is 0. The maximum atomic E-state index is 13.1. The van der Waals surface area contributed by atoms with E-state index in [1.807, 2.05) is 23.1 Å². The molecule has 3 aromatic rings. The molecule has 5 rings (SSSR count). The minimum Gasteiger partial charge on any atom is -0.486 e. The van der Waals surface area contributed by atoms with E-state index in [9.17, 15) is 14.4 Å². The molecule has 34 heavy (non-hydrogen) atoms. The lowest BCUT2D eigenvalue weighted by molar-refractivity contribution is -0.131. The summed E-state index contributed by atoms with van der Waals surface area (Å²) in [5.41, 5.74) is 1.47. The van der Waals surface area contributed by atoms with Gasteiger partial charge < -0.3 is 24.3 Å². The summed E-state index contributed by atoms with van der Waals surface area (Å²) < 4.78 is 12.8. The molecule has 1 fully saturated rings. The molecule has 0 atom stereocenters. The topological polar surface area (TPSA) is 89.9 Å². The van der Waals surface area contributed by atoms with Gasteiger partial charge in [-0.1, -0.05) is 31.0 Å². The van der Waals surface area contributed by atoms with Gasteiger partial charge in [0.05, 0.1) is 5.56 Å². The van der Waals surface area contributed by atoms with Crippen molar-refractivity contribution in [2.75, 3.05) is 31.6 Å². The van der Waals surface area contributed by atoms with Crippen LogP contribution in [0.4, 0.5) is 5.69 Å².